The summed E-state index contributed by atoms with van der Waals surface area (Å²) < 4.78 is 0. The summed E-state index contributed by atoms with van der Waals surface area (Å²) in [4.78, 5) is 20.4. The molecule has 0 N–H and O–H groups in total. The Morgan fingerprint density at radius 2 is 2.21 bits per heavy atom. The van der Waals surface area contributed by atoms with Crippen molar-refractivity contribution < 1.29 is 9.63 Å². The van der Waals surface area contributed by atoms with Gasteiger partial charge in [-0.05, 0) is 25.3 Å². The molecular weight excluding hydrogens is 300 g/mol. The van der Waals surface area contributed by atoms with Crippen LogP contribution < -0.4 is 0 Å². The lowest BCUT2D eigenvalue weighted by Gasteiger charge is -2.38. The second kappa shape index (κ2) is 7.47. The Bertz CT molecular complexity index is 651. The van der Waals surface area contributed by atoms with Gasteiger partial charge in [0, 0.05) is 24.9 Å². The highest BCUT2D eigenvalue weighted by Gasteiger charge is 2.37. The summed E-state index contributed by atoms with van der Waals surface area (Å²) in [6.45, 7) is 5.86. The molecule has 0 unspecified atom stereocenters. The zero-order chi connectivity index (χ0) is 16.9. The molecule has 1 amide bonds. The van der Waals surface area contributed by atoms with Gasteiger partial charge in [0.15, 0.2) is 0 Å². The van der Waals surface area contributed by atoms with Crippen LogP contribution in [-0.2, 0) is 16.1 Å². The third-order valence-corrected chi connectivity index (χ3v) is 4.60. The van der Waals surface area contributed by atoms with Gasteiger partial charge in [-0.2, -0.15) is 0 Å². The molecule has 0 saturated heterocycles. The molecule has 3 rings (SSSR count). The molecule has 3 atom stereocenters. The summed E-state index contributed by atoms with van der Waals surface area (Å²) >= 11 is 0. The van der Waals surface area contributed by atoms with E-state index in [1.54, 1.807) is 0 Å². The number of carbonyl (C=O) groups excluding carboxylic acids is 1. The Hall–Kier alpha value is -2.36. The maximum Gasteiger partial charge on any atom is 0.267 e. The fourth-order valence-corrected chi connectivity index (χ4v) is 3.42. The number of benzene rings is 1. The van der Waals surface area contributed by atoms with Crippen LogP contribution >= 0.6 is 0 Å². The SMILES string of the molecule is C=CC[C@@H]1CC=C[C@@H](C)N1C(=O)[C@H]1CC(Cc2ccccc2)=NO1. The average molecular weight is 324 g/mol. The summed E-state index contributed by atoms with van der Waals surface area (Å²) in [5, 5.41) is 4.16. The van der Waals surface area contributed by atoms with Crippen molar-refractivity contribution in [2.75, 3.05) is 0 Å². The van der Waals surface area contributed by atoms with Crippen molar-refractivity contribution in [1.29, 1.82) is 0 Å². The summed E-state index contributed by atoms with van der Waals surface area (Å²) in [7, 11) is 0. The molecule has 0 fully saturated rings. The van der Waals surface area contributed by atoms with Crippen molar-refractivity contribution in [3.05, 3.63) is 60.7 Å². The maximum atomic E-state index is 13.0. The van der Waals surface area contributed by atoms with Crippen LogP contribution in [0.5, 0.6) is 0 Å². The summed E-state index contributed by atoms with van der Waals surface area (Å²) in [5.74, 6) is 0.0329. The molecular formula is C20H24N2O2. The molecule has 0 aromatic heterocycles. The molecule has 0 spiro atoms. The monoisotopic (exact) mass is 324 g/mol. The Balaban J connectivity index is 1.64. The van der Waals surface area contributed by atoms with Crippen LogP contribution in [0.25, 0.3) is 0 Å². The zero-order valence-corrected chi connectivity index (χ0v) is 14.1. The van der Waals surface area contributed by atoms with Gasteiger partial charge in [0.1, 0.15) is 0 Å². The molecule has 24 heavy (non-hydrogen) atoms. The molecule has 1 aromatic carbocycles. The number of rotatable bonds is 5. The van der Waals surface area contributed by atoms with Crippen molar-refractivity contribution in [2.24, 2.45) is 5.16 Å². The van der Waals surface area contributed by atoms with Crippen LogP contribution in [-0.4, -0.2) is 34.7 Å². The number of carbonyl (C=O) groups is 1. The van der Waals surface area contributed by atoms with E-state index in [1.165, 1.54) is 5.56 Å². The third-order valence-electron chi connectivity index (χ3n) is 4.60. The van der Waals surface area contributed by atoms with Gasteiger partial charge in [-0.25, -0.2) is 0 Å². The molecule has 0 aliphatic carbocycles. The highest BCUT2D eigenvalue weighted by molar-refractivity contribution is 5.94. The minimum atomic E-state index is -0.495. The van der Waals surface area contributed by atoms with E-state index in [1.807, 2.05) is 36.1 Å². The Kier molecular flexibility index (Phi) is 5.14. The first kappa shape index (κ1) is 16.5. The first-order valence-corrected chi connectivity index (χ1v) is 8.54. The van der Waals surface area contributed by atoms with Crippen molar-refractivity contribution >= 4 is 11.6 Å². The predicted molar refractivity (Wildman–Crippen MR) is 95.7 cm³/mol. The van der Waals surface area contributed by atoms with Gasteiger partial charge >= 0.3 is 0 Å². The van der Waals surface area contributed by atoms with Crippen LogP contribution in [0.4, 0.5) is 0 Å². The minimum Gasteiger partial charge on any atom is -0.382 e. The predicted octanol–water partition coefficient (Wildman–Crippen LogP) is 3.50. The van der Waals surface area contributed by atoms with E-state index in [9.17, 15) is 4.79 Å². The number of hydrogen-bond donors (Lipinski definition) is 0. The summed E-state index contributed by atoms with van der Waals surface area (Å²) in [6.07, 6.45) is 8.58. The molecule has 2 aliphatic heterocycles. The highest BCUT2D eigenvalue weighted by atomic mass is 16.6. The molecule has 4 nitrogen and oxygen atoms in total. The zero-order valence-electron chi connectivity index (χ0n) is 14.1. The lowest BCUT2D eigenvalue weighted by Crippen LogP contribution is -2.51. The molecule has 0 radical (unpaired) electrons. The van der Waals surface area contributed by atoms with Gasteiger partial charge in [-0.1, -0.05) is 53.7 Å². The summed E-state index contributed by atoms with van der Waals surface area (Å²) in [5.41, 5.74) is 2.12. The average Bonchev–Trinajstić information content (AvgIpc) is 3.04. The lowest BCUT2D eigenvalue weighted by atomic mass is 9.98. The first-order valence-electron chi connectivity index (χ1n) is 8.54. The molecule has 126 valence electrons. The number of oxime groups is 1. The lowest BCUT2D eigenvalue weighted by molar-refractivity contribution is -0.146. The van der Waals surface area contributed by atoms with Gasteiger partial charge in [0.2, 0.25) is 6.10 Å². The van der Waals surface area contributed by atoms with E-state index >= 15 is 0 Å². The molecule has 0 bridgehead atoms. The van der Waals surface area contributed by atoms with Crippen LogP contribution in [0.15, 0.2) is 60.3 Å². The standard InChI is InChI=1S/C20H24N2O2/c1-3-8-18-12-7-9-15(2)22(18)20(23)19-14-17(21-24-19)13-16-10-5-4-6-11-16/h3-7,9-11,15,18-19H,1,8,12-14H2,2H3/t15-,18-,19-/m1/s1. The van der Waals surface area contributed by atoms with E-state index in [4.69, 9.17) is 4.84 Å². The maximum absolute atomic E-state index is 13.0. The molecule has 4 heteroatoms. The highest BCUT2D eigenvalue weighted by Crippen LogP contribution is 2.25. The number of nitrogens with zero attached hydrogens (tertiary/aromatic N) is 2. The normalized spacial score (nSPS) is 26.0. The van der Waals surface area contributed by atoms with Gasteiger partial charge in [-0.15, -0.1) is 6.58 Å². The van der Waals surface area contributed by atoms with Crippen molar-refractivity contribution in [2.45, 2.75) is 50.8 Å². The smallest absolute Gasteiger partial charge is 0.267 e. The van der Waals surface area contributed by atoms with Gasteiger partial charge in [-0.3, -0.25) is 4.79 Å². The van der Waals surface area contributed by atoms with Gasteiger partial charge in [0.25, 0.3) is 5.91 Å². The van der Waals surface area contributed by atoms with E-state index in [-0.39, 0.29) is 18.0 Å². The number of amides is 1. The van der Waals surface area contributed by atoms with Crippen molar-refractivity contribution in [3.8, 4) is 0 Å². The quantitative estimate of drug-likeness (QED) is 0.778. The molecule has 2 aliphatic rings. The van der Waals surface area contributed by atoms with Crippen molar-refractivity contribution in [1.82, 2.24) is 4.90 Å². The summed E-state index contributed by atoms with van der Waals surface area (Å²) in [6, 6.07) is 10.4. The number of hydrogen-bond acceptors (Lipinski definition) is 3. The Morgan fingerprint density at radius 1 is 1.42 bits per heavy atom. The van der Waals surface area contributed by atoms with E-state index in [0.29, 0.717) is 6.42 Å². The largest absolute Gasteiger partial charge is 0.382 e. The fraction of sp³-hybridized carbons (Fsp3) is 0.400. The van der Waals surface area contributed by atoms with Gasteiger partial charge < -0.3 is 9.74 Å². The first-order chi connectivity index (χ1) is 11.7. The fourth-order valence-electron chi connectivity index (χ4n) is 3.42. The van der Waals surface area contributed by atoms with E-state index < -0.39 is 6.10 Å². The Labute approximate surface area is 143 Å². The molecule has 2 heterocycles. The van der Waals surface area contributed by atoms with Crippen LogP contribution in [0, 0.1) is 0 Å². The van der Waals surface area contributed by atoms with Crippen LogP contribution in [0.1, 0.15) is 31.7 Å². The molecule has 1 aromatic rings. The Morgan fingerprint density at radius 3 is 2.96 bits per heavy atom. The van der Waals surface area contributed by atoms with E-state index in [2.05, 4.69) is 36.0 Å². The second-order valence-electron chi connectivity index (χ2n) is 6.45. The topological polar surface area (TPSA) is 41.9 Å². The van der Waals surface area contributed by atoms with Crippen LogP contribution in [0.2, 0.25) is 0 Å². The second-order valence-corrected chi connectivity index (χ2v) is 6.45. The van der Waals surface area contributed by atoms with Crippen molar-refractivity contribution in [3.63, 3.8) is 0 Å². The molecule has 0 saturated carbocycles. The van der Waals surface area contributed by atoms with Crippen LogP contribution in [0.3, 0.4) is 0 Å². The minimum absolute atomic E-state index is 0.0329. The van der Waals surface area contributed by atoms with E-state index in [0.717, 1.165) is 25.0 Å². The van der Waals surface area contributed by atoms with Gasteiger partial charge in [0.05, 0.1) is 5.71 Å². The third kappa shape index (κ3) is 3.58.